The summed E-state index contributed by atoms with van der Waals surface area (Å²) >= 11 is 2.07. The third-order valence-corrected chi connectivity index (χ3v) is 5.12. The molecule has 18 heavy (non-hydrogen) atoms. The average Bonchev–Trinajstić information content (AvgIpc) is 2.46. The molecule has 1 unspecified atom stereocenters. The molecule has 2 heterocycles. The Kier molecular flexibility index (Phi) is 4.11. The van der Waals surface area contributed by atoms with Crippen molar-refractivity contribution in [2.45, 2.75) is 25.8 Å². The summed E-state index contributed by atoms with van der Waals surface area (Å²) in [5.74, 6) is 4.46. The number of ether oxygens (including phenoxy) is 1. The maximum absolute atomic E-state index is 6.09. The summed E-state index contributed by atoms with van der Waals surface area (Å²) in [6, 6.07) is 6.50. The Morgan fingerprint density at radius 1 is 1.39 bits per heavy atom. The zero-order valence-electron chi connectivity index (χ0n) is 10.8. The molecule has 2 aliphatic rings. The van der Waals surface area contributed by atoms with Gasteiger partial charge in [-0.25, -0.2) is 0 Å². The Hall–Kier alpha value is -0.670. The van der Waals surface area contributed by atoms with Gasteiger partial charge in [-0.1, -0.05) is 12.1 Å². The lowest BCUT2D eigenvalue weighted by atomic mass is 10.00. The molecule has 0 aromatic heterocycles. The molecule has 0 radical (unpaired) electrons. The molecule has 0 spiro atoms. The van der Waals surface area contributed by atoms with Crippen LogP contribution in [-0.4, -0.2) is 24.7 Å². The summed E-state index contributed by atoms with van der Waals surface area (Å²) in [7, 11) is 0. The first-order valence-corrected chi connectivity index (χ1v) is 8.11. The number of fused-ring (bicyclic) bond motifs is 1. The molecule has 0 aliphatic carbocycles. The van der Waals surface area contributed by atoms with Gasteiger partial charge in [-0.2, -0.15) is 11.8 Å². The number of thioether (sulfide) groups is 1. The van der Waals surface area contributed by atoms with Crippen molar-refractivity contribution >= 4 is 11.8 Å². The Morgan fingerprint density at radius 3 is 3.28 bits per heavy atom. The van der Waals surface area contributed by atoms with E-state index in [0.717, 1.165) is 37.8 Å². The maximum Gasteiger partial charge on any atom is 0.124 e. The van der Waals surface area contributed by atoms with Gasteiger partial charge in [0.2, 0.25) is 0 Å². The molecule has 2 nitrogen and oxygen atoms in total. The van der Waals surface area contributed by atoms with Gasteiger partial charge in [-0.05, 0) is 48.9 Å². The summed E-state index contributed by atoms with van der Waals surface area (Å²) in [6.07, 6.45) is 3.82. The molecule has 0 saturated carbocycles. The Balaban J connectivity index is 1.65. The lowest BCUT2D eigenvalue weighted by Gasteiger charge is -2.24. The SMILES string of the molecule is c1cc2c(c(OCC3CCCSC3)c1)CNCC2. The minimum Gasteiger partial charge on any atom is -0.493 e. The van der Waals surface area contributed by atoms with Crippen LogP contribution < -0.4 is 10.1 Å². The standard InChI is InChI=1S/C15H21NOS/c1-4-13-6-7-16-9-14(13)15(5-1)17-10-12-3-2-8-18-11-12/h1,4-5,12,16H,2-3,6-11H2. The minimum atomic E-state index is 0.746. The molecule has 1 fully saturated rings. The van der Waals surface area contributed by atoms with E-state index < -0.39 is 0 Å². The number of hydrogen-bond acceptors (Lipinski definition) is 3. The highest BCUT2D eigenvalue weighted by Gasteiger charge is 2.17. The molecule has 1 atom stereocenters. The van der Waals surface area contributed by atoms with E-state index in [-0.39, 0.29) is 0 Å². The molecule has 1 aromatic carbocycles. The van der Waals surface area contributed by atoms with Crippen molar-refractivity contribution in [3.8, 4) is 5.75 Å². The Morgan fingerprint density at radius 2 is 2.39 bits per heavy atom. The number of benzene rings is 1. The second kappa shape index (κ2) is 5.98. The van der Waals surface area contributed by atoms with Crippen molar-refractivity contribution in [1.82, 2.24) is 5.32 Å². The van der Waals surface area contributed by atoms with Crippen LogP contribution in [-0.2, 0) is 13.0 Å². The van der Waals surface area contributed by atoms with Crippen LogP contribution in [0.15, 0.2) is 18.2 Å². The summed E-state index contributed by atoms with van der Waals surface area (Å²) in [6.45, 7) is 2.95. The highest BCUT2D eigenvalue weighted by molar-refractivity contribution is 7.99. The van der Waals surface area contributed by atoms with Crippen molar-refractivity contribution < 1.29 is 4.74 Å². The van der Waals surface area contributed by atoms with E-state index in [9.17, 15) is 0 Å². The summed E-state index contributed by atoms with van der Waals surface area (Å²) < 4.78 is 6.09. The van der Waals surface area contributed by atoms with Gasteiger partial charge >= 0.3 is 0 Å². The second-order valence-corrected chi connectivity index (χ2v) is 6.36. The third-order valence-electron chi connectivity index (χ3n) is 3.83. The number of nitrogens with one attached hydrogen (secondary N) is 1. The Labute approximate surface area is 113 Å². The summed E-state index contributed by atoms with van der Waals surface area (Å²) in [4.78, 5) is 0. The van der Waals surface area contributed by atoms with Crippen LogP contribution in [0.4, 0.5) is 0 Å². The molecular formula is C15H21NOS. The van der Waals surface area contributed by atoms with E-state index >= 15 is 0 Å². The molecule has 98 valence electrons. The first-order valence-electron chi connectivity index (χ1n) is 6.95. The lowest BCUT2D eigenvalue weighted by Crippen LogP contribution is -2.25. The van der Waals surface area contributed by atoms with E-state index in [1.165, 1.54) is 35.5 Å². The van der Waals surface area contributed by atoms with Crippen LogP contribution in [0.2, 0.25) is 0 Å². The van der Waals surface area contributed by atoms with Crippen molar-refractivity contribution in [1.29, 1.82) is 0 Å². The van der Waals surface area contributed by atoms with Crippen LogP contribution in [0, 0.1) is 5.92 Å². The van der Waals surface area contributed by atoms with Crippen LogP contribution >= 0.6 is 11.8 Å². The zero-order valence-corrected chi connectivity index (χ0v) is 11.6. The fraction of sp³-hybridized carbons (Fsp3) is 0.600. The monoisotopic (exact) mass is 263 g/mol. The van der Waals surface area contributed by atoms with Gasteiger partial charge in [-0.3, -0.25) is 0 Å². The van der Waals surface area contributed by atoms with Gasteiger partial charge in [0, 0.05) is 18.0 Å². The molecule has 3 rings (SSSR count). The third kappa shape index (κ3) is 2.83. The van der Waals surface area contributed by atoms with E-state index in [2.05, 4.69) is 35.3 Å². The number of hydrogen-bond donors (Lipinski definition) is 1. The van der Waals surface area contributed by atoms with Crippen LogP contribution in [0.5, 0.6) is 5.75 Å². The highest BCUT2D eigenvalue weighted by atomic mass is 32.2. The van der Waals surface area contributed by atoms with Crippen LogP contribution in [0.3, 0.4) is 0 Å². The van der Waals surface area contributed by atoms with Crippen LogP contribution in [0.25, 0.3) is 0 Å². The van der Waals surface area contributed by atoms with E-state index in [0.29, 0.717) is 0 Å². The molecule has 0 bridgehead atoms. The highest BCUT2D eigenvalue weighted by Crippen LogP contribution is 2.27. The van der Waals surface area contributed by atoms with Crippen LogP contribution in [0.1, 0.15) is 24.0 Å². The normalized spacial score (nSPS) is 23.4. The topological polar surface area (TPSA) is 21.3 Å². The molecular weight excluding hydrogens is 242 g/mol. The molecule has 2 aliphatic heterocycles. The zero-order chi connectivity index (χ0) is 12.2. The Bertz CT molecular complexity index is 401. The van der Waals surface area contributed by atoms with Gasteiger partial charge in [0.1, 0.15) is 5.75 Å². The largest absolute Gasteiger partial charge is 0.493 e. The predicted octanol–water partition coefficient (Wildman–Crippen LogP) is 2.85. The first-order chi connectivity index (χ1) is 8.93. The van der Waals surface area contributed by atoms with Crippen molar-refractivity contribution in [3.63, 3.8) is 0 Å². The van der Waals surface area contributed by atoms with Gasteiger partial charge in [0.05, 0.1) is 6.61 Å². The molecule has 3 heteroatoms. The molecule has 1 aromatic rings. The summed E-state index contributed by atoms with van der Waals surface area (Å²) in [5.41, 5.74) is 2.84. The minimum absolute atomic E-state index is 0.746. The van der Waals surface area contributed by atoms with Crippen molar-refractivity contribution in [2.24, 2.45) is 5.92 Å². The van der Waals surface area contributed by atoms with Gasteiger partial charge in [-0.15, -0.1) is 0 Å². The lowest BCUT2D eigenvalue weighted by molar-refractivity contribution is 0.249. The first kappa shape index (κ1) is 12.4. The van der Waals surface area contributed by atoms with Gasteiger partial charge < -0.3 is 10.1 Å². The van der Waals surface area contributed by atoms with Crippen molar-refractivity contribution in [3.05, 3.63) is 29.3 Å². The van der Waals surface area contributed by atoms with E-state index in [1.807, 2.05) is 0 Å². The van der Waals surface area contributed by atoms with E-state index in [4.69, 9.17) is 4.74 Å². The number of rotatable bonds is 3. The molecule has 1 N–H and O–H groups in total. The average molecular weight is 263 g/mol. The van der Waals surface area contributed by atoms with Gasteiger partial charge in [0.15, 0.2) is 0 Å². The fourth-order valence-corrected chi connectivity index (χ4v) is 3.90. The molecule has 1 saturated heterocycles. The summed E-state index contributed by atoms with van der Waals surface area (Å²) in [5, 5.41) is 3.44. The predicted molar refractivity (Wildman–Crippen MR) is 77.4 cm³/mol. The van der Waals surface area contributed by atoms with E-state index in [1.54, 1.807) is 0 Å². The van der Waals surface area contributed by atoms with Crippen molar-refractivity contribution in [2.75, 3.05) is 24.7 Å². The second-order valence-electron chi connectivity index (χ2n) is 5.21. The van der Waals surface area contributed by atoms with Gasteiger partial charge in [0.25, 0.3) is 0 Å². The maximum atomic E-state index is 6.09. The smallest absolute Gasteiger partial charge is 0.124 e. The molecule has 0 amide bonds. The fourth-order valence-electron chi connectivity index (χ4n) is 2.76. The quantitative estimate of drug-likeness (QED) is 0.906.